The number of nitrogens with one attached hydrogen (secondary N) is 1. The minimum absolute atomic E-state index is 0.0478. The van der Waals surface area contributed by atoms with Crippen LogP contribution >= 0.6 is 0 Å². The zero-order chi connectivity index (χ0) is 28.4. The standard InChI is InChI=1S/C23H28N4O11/c24-17-18(30)26(23(37)27(19(17)31)15(21(34)35)9-10-16(28)29)14(20(32)33)8-4-5-11-25-22(36)38-12-13-6-2-1-3-7-13/h1-3,6-7,14-15,17H,4-5,8-12,24H2,(H,25,36)(H,28,29)(H,32,33)(H,34,35)/t14-,15-,17?/m0/s1. The van der Waals surface area contributed by atoms with Gasteiger partial charge in [0.2, 0.25) is 0 Å². The Bertz CT molecular complexity index is 1080. The lowest BCUT2D eigenvalue weighted by Crippen LogP contribution is -2.70. The second kappa shape index (κ2) is 13.7. The number of barbiturate groups is 1. The van der Waals surface area contributed by atoms with E-state index in [1.165, 1.54) is 0 Å². The maximum absolute atomic E-state index is 13.0. The second-order valence-corrected chi connectivity index (χ2v) is 8.30. The van der Waals surface area contributed by atoms with E-state index in [1.807, 2.05) is 6.07 Å². The van der Waals surface area contributed by atoms with E-state index in [-0.39, 0.29) is 42.2 Å². The van der Waals surface area contributed by atoms with Gasteiger partial charge in [-0.25, -0.2) is 29.0 Å². The lowest BCUT2D eigenvalue weighted by molar-refractivity contribution is -0.159. The number of carbonyl (C=O) groups is 7. The molecule has 1 aromatic rings. The molecule has 38 heavy (non-hydrogen) atoms. The van der Waals surface area contributed by atoms with Gasteiger partial charge in [0.05, 0.1) is 0 Å². The number of imide groups is 2. The molecule has 15 nitrogen and oxygen atoms in total. The highest BCUT2D eigenvalue weighted by Gasteiger charge is 2.52. The molecule has 0 aromatic heterocycles. The van der Waals surface area contributed by atoms with E-state index in [1.54, 1.807) is 24.3 Å². The van der Waals surface area contributed by atoms with E-state index in [0.717, 1.165) is 5.56 Å². The van der Waals surface area contributed by atoms with Gasteiger partial charge in [-0.05, 0) is 31.2 Å². The topological polar surface area (TPSA) is 234 Å². The zero-order valence-electron chi connectivity index (χ0n) is 20.1. The Labute approximate surface area is 216 Å². The number of hydrogen-bond donors (Lipinski definition) is 5. The number of carboxylic acids is 3. The monoisotopic (exact) mass is 536 g/mol. The van der Waals surface area contributed by atoms with Crippen LogP contribution in [0.15, 0.2) is 30.3 Å². The number of urea groups is 1. The number of amides is 5. The number of benzene rings is 1. The average Bonchev–Trinajstić information content (AvgIpc) is 2.86. The first kappa shape index (κ1) is 29.7. The van der Waals surface area contributed by atoms with Gasteiger partial charge in [-0.15, -0.1) is 0 Å². The van der Waals surface area contributed by atoms with E-state index < -0.39 is 72.8 Å². The van der Waals surface area contributed by atoms with E-state index in [9.17, 15) is 43.8 Å². The van der Waals surface area contributed by atoms with Crippen molar-refractivity contribution in [3.8, 4) is 0 Å². The fourth-order valence-corrected chi connectivity index (χ4v) is 3.70. The first-order valence-corrected chi connectivity index (χ1v) is 11.5. The van der Waals surface area contributed by atoms with Crippen molar-refractivity contribution < 1.29 is 53.6 Å². The van der Waals surface area contributed by atoms with Crippen molar-refractivity contribution in [3.63, 3.8) is 0 Å². The number of nitrogens with two attached hydrogens (primary N) is 1. The number of nitrogens with zero attached hydrogens (tertiary/aromatic N) is 2. The molecule has 1 aliphatic rings. The summed E-state index contributed by atoms with van der Waals surface area (Å²) in [5, 5.41) is 30.5. The molecule has 0 spiro atoms. The molecule has 0 saturated carbocycles. The first-order valence-electron chi connectivity index (χ1n) is 11.5. The average molecular weight is 536 g/mol. The molecule has 2 rings (SSSR count). The van der Waals surface area contributed by atoms with Crippen molar-refractivity contribution in [3.05, 3.63) is 35.9 Å². The molecule has 1 aromatic carbocycles. The summed E-state index contributed by atoms with van der Waals surface area (Å²) in [6.07, 6.45) is -2.08. The summed E-state index contributed by atoms with van der Waals surface area (Å²) in [5.41, 5.74) is 6.36. The van der Waals surface area contributed by atoms with E-state index in [4.69, 9.17) is 15.6 Å². The smallest absolute Gasteiger partial charge is 0.407 e. The molecule has 5 amide bonds. The quantitative estimate of drug-likeness (QED) is 0.156. The van der Waals surface area contributed by atoms with Crippen LogP contribution in [0.4, 0.5) is 9.59 Å². The SMILES string of the molecule is NC1C(=O)N([C@@H](CCCCNC(=O)OCc2ccccc2)C(=O)O)C(=O)N([C@@H](CCC(=O)O)C(=O)O)C1=O. The normalized spacial score (nSPS) is 17.1. The number of alkyl carbamates (subject to hydrolysis) is 1. The number of ether oxygens (including phenoxy) is 1. The first-order chi connectivity index (χ1) is 18.0. The molecule has 206 valence electrons. The summed E-state index contributed by atoms with van der Waals surface area (Å²) in [6.45, 7) is 0.133. The molecular weight excluding hydrogens is 508 g/mol. The van der Waals surface area contributed by atoms with Crippen LogP contribution in [0.2, 0.25) is 0 Å². The van der Waals surface area contributed by atoms with Crippen molar-refractivity contribution in [1.29, 1.82) is 0 Å². The molecule has 1 heterocycles. The summed E-state index contributed by atoms with van der Waals surface area (Å²) < 4.78 is 5.05. The van der Waals surface area contributed by atoms with Crippen LogP contribution in [0.3, 0.4) is 0 Å². The van der Waals surface area contributed by atoms with Crippen molar-refractivity contribution in [2.24, 2.45) is 5.73 Å². The Kier molecular flexibility index (Phi) is 10.7. The van der Waals surface area contributed by atoms with Gasteiger partial charge >= 0.3 is 30.0 Å². The Morgan fingerprint density at radius 3 is 1.97 bits per heavy atom. The highest BCUT2D eigenvalue weighted by atomic mass is 16.5. The summed E-state index contributed by atoms with van der Waals surface area (Å²) in [6, 6.07) is 1.58. The van der Waals surface area contributed by atoms with Gasteiger partial charge in [0.25, 0.3) is 11.8 Å². The van der Waals surface area contributed by atoms with Gasteiger partial charge in [0, 0.05) is 13.0 Å². The highest BCUT2D eigenvalue weighted by molar-refractivity contribution is 6.20. The third-order valence-corrected chi connectivity index (χ3v) is 5.63. The summed E-state index contributed by atoms with van der Waals surface area (Å²) in [7, 11) is 0. The third-order valence-electron chi connectivity index (χ3n) is 5.63. The minimum Gasteiger partial charge on any atom is -0.481 e. The number of unbranched alkanes of at least 4 members (excludes halogenated alkanes) is 1. The van der Waals surface area contributed by atoms with Crippen molar-refractivity contribution >= 4 is 41.8 Å². The van der Waals surface area contributed by atoms with Crippen molar-refractivity contribution in [2.45, 2.75) is 56.8 Å². The highest BCUT2D eigenvalue weighted by Crippen LogP contribution is 2.23. The molecule has 1 unspecified atom stereocenters. The van der Waals surface area contributed by atoms with Crippen LogP contribution in [0, 0.1) is 0 Å². The van der Waals surface area contributed by atoms with E-state index >= 15 is 0 Å². The van der Waals surface area contributed by atoms with Crippen LogP contribution < -0.4 is 11.1 Å². The maximum atomic E-state index is 13.0. The zero-order valence-corrected chi connectivity index (χ0v) is 20.1. The number of hydrogen-bond acceptors (Lipinski definition) is 9. The van der Waals surface area contributed by atoms with Crippen molar-refractivity contribution in [2.75, 3.05) is 6.54 Å². The van der Waals surface area contributed by atoms with E-state index in [0.29, 0.717) is 0 Å². The predicted octanol–water partition coefficient (Wildman–Crippen LogP) is -0.0276. The van der Waals surface area contributed by atoms with Gasteiger partial charge in [0.15, 0.2) is 6.04 Å². The van der Waals surface area contributed by atoms with Gasteiger partial charge in [0.1, 0.15) is 18.7 Å². The Balaban J connectivity index is 2.01. The van der Waals surface area contributed by atoms with Gasteiger partial charge in [-0.3, -0.25) is 14.4 Å². The third kappa shape index (κ3) is 7.73. The minimum atomic E-state index is -2.05. The van der Waals surface area contributed by atoms with Gasteiger partial charge < -0.3 is 31.1 Å². The van der Waals surface area contributed by atoms with Crippen LogP contribution in [-0.4, -0.2) is 91.6 Å². The molecule has 15 heteroatoms. The number of carbonyl (C=O) groups excluding carboxylic acids is 4. The Morgan fingerprint density at radius 1 is 0.895 bits per heavy atom. The molecule has 0 aliphatic carbocycles. The number of aliphatic carboxylic acids is 3. The van der Waals surface area contributed by atoms with Crippen LogP contribution in [0.1, 0.15) is 37.7 Å². The van der Waals surface area contributed by atoms with Crippen LogP contribution in [-0.2, 0) is 35.3 Å². The second-order valence-electron chi connectivity index (χ2n) is 8.30. The largest absolute Gasteiger partial charge is 0.481 e. The maximum Gasteiger partial charge on any atom is 0.407 e. The fourth-order valence-electron chi connectivity index (χ4n) is 3.70. The Hall–Kier alpha value is -4.53. The molecule has 0 bridgehead atoms. The lowest BCUT2D eigenvalue weighted by atomic mass is 10.0. The molecule has 0 radical (unpaired) electrons. The fraction of sp³-hybridized carbons (Fsp3) is 0.435. The van der Waals surface area contributed by atoms with Crippen molar-refractivity contribution in [1.82, 2.24) is 15.1 Å². The molecule has 6 N–H and O–H groups in total. The van der Waals surface area contributed by atoms with Crippen LogP contribution in [0.5, 0.6) is 0 Å². The van der Waals surface area contributed by atoms with E-state index in [2.05, 4.69) is 5.32 Å². The molecule has 1 saturated heterocycles. The van der Waals surface area contributed by atoms with Crippen LogP contribution in [0.25, 0.3) is 0 Å². The predicted molar refractivity (Wildman–Crippen MR) is 125 cm³/mol. The molecule has 1 fully saturated rings. The molecule has 3 atom stereocenters. The number of rotatable bonds is 14. The van der Waals surface area contributed by atoms with Gasteiger partial charge in [-0.1, -0.05) is 30.3 Å². The lowest BCUT2D eigenvalue weighted by Gasteiger charge is -2.40. The van der Waals surface area contributed by atoms with Gasteiger partial charge in [-0.2, -0.15) is 0 Å². The number of carboxylic acid groups (broad SMARTS) is 3. The summed E-state index contributed by atoms with van der Waals surface area (Å²) in [5.74, 6) is -7.44. The molecular formula is C23H28N4O11. The molecule has 1 aliphatic heterocycles. The summed E-state index contributed by atoms with van der Waals surface area (Å²) in [4.78, 5) is 84.8. The Morgan fingerprint density at radius 2 is 1.45 bits per heavy atom. The summed E-state index contributed by atoms with van der Waals surface area (Å²) >= 11 is 0.